The predicted octanol–water partition coefficient (Wildman–Crippen LogP) is 3.43. The Kier molecular flexibility index (Phi) is 7.08. The number of halogens is 2. The third-order valence-electron chi connectivity index (χ3n) is 2.91. The van der Waals surface area contributed by atoms with Gasteiger partial charge in [0.1, 0.15) is 5.82 Å². The number of hydrogen-bond acceptors (Lipinski definition) is 4. The number of carbonyl (C=O) groups excluding carboxylic acids is 2. The van der Waals surface area contributed by atoms with Crippen molar-refractivity contribution in [2.75, 3.05) is 12.4 Å². The molecule has 0 saturated carbocycles. The smallest absolute Gasteiger partial charge is 0.316 e. The van der Waals surface area contributed by atoms with Crippen molar-refractivity contribution in [1.29, 1.82) is 0 Å². The zero-order valence-electron chi connectivity index (χ0n) is 12.6. The second-order valence-electron chi connectivity index (χ2n) is 4.81. The van der Waals surface area contributed by atoms with E-state index >= 15 is 0 Å². The molecule has 0 aliphatic rings. The van der Waals surface area contributed by atoms with Crippen LogP contribution in [0, 0.1) is 5.82 Å². The van der Waals surface area contributed by atoms with E-state index in [1.165, 1.54) is 23.9 Å². The number of benzene rings is 2. The van der Waals surface area contributed by atoms with E-state index in [4.69, 9.17) is 16.3 Å². The van der Waals surface area contributed by atoms with Gasteiger partial charge in [0.25, 0.3) is 5.91 Å². The SMILES string of the molecule is O=C(COC(=O)CSc1ccc(F)cc1)NCc1cccc(Cl)c1. The van der Waals surface area contributed by atoms with Gasteiger partial charge >= 0.3 is 5.97 Å². The third-order valence-corrected chi connectivity index (χ3v) is 4.13. The molecule has 0 unspecified atom stereocenters. The summed E-state index contributed by atoms with van der Waals surface area (Å²) >= 11 is 7.06. The molecule has 24 heavy (non-hydrogen) atoms. The molecule has 2 aromatic rings. The van der Waals surface area contributed by atoms with Crippen LogP contribution in [0.25, 0.3) is 0 Å². The number of hydrogen-bond donors (Lipinski definition) is 1. The van der Waals surface area contributed by atoms with Gasteiger partial charge in [0.15, 0.2) is 6.61 Å². The molecule has 0 radical (unpaired) electrons. The summed E-state index contributed by atoms with van der Waals surface area (Å²) in [7, 11) is 0. The van der Waals surface area contributed by atoms with Gasteiger partial charge in [0, 0.05) is 16.5 Å². The van der Waals surface area contributed by atoms with Crippen molar-refractivity contribution in [2.45, 2.75) is 11.4 Å². The number of rotatable bonds is 7. The van der Waals surface area contributed by atoms with Crippen LogP contribution in [0.1, 0.15) is 5.56 Å². The molecule has 0 atom stereocenters. The summed E-state index contributed by atoms with van der Waals surface area (Å²) in [5, 5.41) is 3.23. The van der Waals surface area contributed by atoms with Crippen LogP contribution in [0.5, 0.6) is 0 Å². The molecule has 126 valence electrons. The normalized spacial score (nSPS) is 10.2. The maximum Gasteiger partial charge on any atom is 0.316 e. The molecule has 0 saturated heterocycles. The molecule has 0 aromatic heterocycles. The zero-order chi connectivity index (χ0) is 17.4. The second kappa shape index (κ2) is 9.30. The fourth-order valence-corrected chi connectivity index (χ4v) is 2.67. The molecule has 0 aliphatic heterocycles. The van der Waals surface area contributed by atoms with E-state index in [9.17, 15) is 14.0 Å². The van der Waals surface area contributed by atoms with Crippen molar-refractivity contribution in [3.63, 3.8) is 0 Å². The predicted molar refractivity (Wildman–Crippen MR) is 91.4 cm³/mol. The highest BCUT2D eigenvalue weighted by molar-refractivity contribution is 8.00. The molecule has 0 fully saturated rings. The summed E-state index contributed by atoms with van der Waals surface area (Å²) < 4.78 is 17.6. The lowest BCUT2D eigenvalue weighted by Gasteiger charge is -2.07. The lowest BCUT2D eigenvalue weighted by atomic mass is 10.2. The fraction of sp³-hybridized carbons (Fsp3) is 0.176. The molecule has 0 aliphatic carbocycles. The summed E-state index contributed by atoms with van der Waals surface area (Å²) in [6.45, 7) is -0.0371. The van der Waals surface area contributed by atoms with Crippen molar-refractivity contribution >= 4 is 35.2 Å². The number of nitrogens with one attached hydrogen (secondary N) is 1. The Morgan fingerprint density at radius 2 is 1.92 bits per heavy atom. The van der Waals surface area contributed by atoms with Crippen molar-refractivity contribution in [1.82, 2.24) is 5.32 Å². The Hall–Kier alpha value is -2.05. The first-order valence-electron chi connectivity index (χ1n) is 7.08. The van der Waals surface area contributed by atoms with Gasteiger partial charge in [-0.25, -0.2) is 4.39 Å². The van der Waals surface area contributed by atoms with Crippen LogP contribution in [0.2, 0.25) is 5.02 Å². The number of carbonyl (C=O) groups is 2. The number of amides is 1. The van der Waals surface area contributed by atoms with Crippen molar-refractivity contribution in [3.8, 4) is 0 Å². The minimum atomic E-state index is -0.512. The van der Waals surface area contributed by atoms with E-state index < -0.39 is 11.9 Å². The lowest BCUT2D eigenvalue weighted by molar-refractivity contribution is -0.145. The first-order chi connectivity index (χ1) is 11.5. The van der Waals surface area contributed by atoms with Crippen molar-refractivity contribution in [2.24, 2.45) is 0 Å². The maximum absolute atomic E-state index is 12.8. The molecule has 2 rings (SSSR count). The largest absolute Gasteiger partial charge is 0.455 e. The molecule has 2 aromatic carbocycles. The summed E-state index contributed by atoms with van der Waals surface area (Å²) in [4.78, 5) is 24.0. The van der Waals surface area contributed by atoms with Crippen LogP contribution in [-0.2, 0) is 20.9 Å². The van der Waals surface area contributed by atoms with Gasteiger partial charge in [-0.3, -0.25) is 9.59 Å². The number of esters is 1. The van der Waals surface area contributed by atoms with Gasteiger partial charge in [-0.1, -0.05) is 23.7 Å². The highest BCUT2D eigenvalue weighted by Gasteiger charge is 2.08. The zero-order valence-corrected chi connectivity index (χ0v) is 14.2. The van der Waals surface area contributed by atoms with E-state index in [-0.39, 0.29) is 18.2 Å². The first kappa shape index (κ1) is 18.3. The van der Waals surface area contributed by atoms with Gasteiger partial charge in [-0.05, 0) is 42.0 Å². The molecular weight excluding hydrogens is 353 g/mol. The van der Waals surface area contributed by atoms with Crippen LogP contribution < -0.4 is 5.32 Å². The second-order valence-corrected chi connectivity index (χ2v) is 6.30. The quantitative estimate of drug-likeness (QED) is 0.601. The van der Waals surface area contributed by atoms with E-state index in [0.29, 0.717) is 11.6 Å². The Labute approximate surface area is 148 Å². The average molecular weight is 368 g/mol. The van der Waals surface area contributed by atoms with Gasteiger partial charge in [0.05, 0.1) is 5.75 Å². The molecule has 0 spiro atoms. The highest BCUT2D eigenvalue weighted by Crippen LogP contribution is 2.18. The van der Waals surface area contributed by atoms with E-state index in [0.717, 1.165) is 10.5 Å². The molecular formula is C17H15ClFNO3S. The Balaban J connectivity index is 1.65. The minimum absolute atomic E-state index is 0.0488. The van der Waals surface area contributed by atoms with Crippen LogP contribution in [-0.4, -0.2) is 24.2 Å². The van der Waals surface area contributed by atoms with Gasteiger partial charge < -0.3 is 10.1 Å². The minimum Gasteiger partial charge on any atom is -0.455 e. The first-order valence-corrected chi connectivity index (χ1v) is 8.44. The molecule has 0 bridgehead atoms. The van der Waals surface area contributed by atoms with Gasteiger partial charge in [0.2, 0.25) is 0 Å². The molecule has 1 amide bonds. The molecule has 4 nitrogen and oxygen atoms in total. The summed E-state index contributed by atoms with van der Waals surface area (Å²) in [5.74, 6) is -1.19. The average Bonchev–Trinajstić information content (AvgIpc) is 2.57. The topological polar surface area (TPSA) is 55.4 Å². The van der Waals surface area contributed by atoms with Gasteiger partial charge in [-0.15, -0.1) is 11.8 Å². The van der Waals surface area contributed by atoms with Gasteiger partial charge in [-0.2, -0.15) is 0 Å². The highest BCUT2D eigenvalue weighted by atomic mass is 35.5. The summed E-state index contributed by atoms with van der Waals surface area (Å²) in [5.41, 5.74) is 0.856. The maximum atomic E-state index is 12.8. The van der Waals surface area contributed by atoms with E-state index in [1.807, 2.05) is 6.07 Å². The summed E-state index contributed by atoms with van der Waals surface area (Å²) in [6.07, 6.45) is 0. The Morgan fingerprint density at radius 3 is 2.62 bits per heavy atom. The van der Waals surface area contributed by atoms with Crippen molar-refractivity contribution < 1.29 is 18.7 Å². The number of ether oxygens (including phenoxy) is 1. The summed E-state index contributed by atoms with van der Waals surface area (Å²) in [6, 6.07) is 12.9. The van der Waals surface area contributed by atoms with Crippen LogP contribution in [0.3, 0.4) is 0 Å². The molecule has 7 heteroatoms. The fourth-order valence-electron chi connectivity index (χ4n) is 1.76. The Bertz CT molecular complexity index is 709. The number of thioether (sulfide) groups is 1. The van der Waals surface area contributed by atoms with Crippen LogP contribution >= 0.6 is 23.4 Å². The van der Waals surface area contributed by atoms with E-state index in [1.54, 1.807) is 30.3 Å². The molecule has 1 N–H and O–H groups in total. The molecule has 0 heterocycles. The van der Waals surface area contributed by atoms with Crippen LogP contribution in [0.4, 0.5) is 4.39 Å². The third kappa shape index (κ3) is 6.60. The Morgan fingerprint density at radius 1 is 1.17 bits per heavy atom. The standard InChI is InChI=1S/C17H15ClFNO3S/c18-13-3-1-2-12(8-13)9-20-16(21)10-23-17(22)11-24-15-6-4-14(19)5-7-15/h1-8H,9-11H2,(H,20,21). The van der Waals surface area contributed by atoms with Crippen molar-refractivity contribution in [3.05, 3.63) is 64.9 Å². The van der Waals surface area contributed by atoms with Crippen LogP contribution in [0.15, 0.2) is 53.4 Å². The lowest BCUT2D eigenvalue weighted by Crippen LogP contribution is -2.28. The van der Waals surface area contributed by atoms with E-state index in [2.05, 4.69) is 5.32 Å². The monoisotopic (exact) mass is 367 g/mol.